The molecule has 2 aromatic rings. The number of carbonyl (C=O) groups excluding carboxylic acids is 1. The first kappa shape index (κ1) is 13.7. The van der Waals surface area contributed by atoms with Gasteiger partial charge in [-0.05, 0) is 32.3 Å². The summed E-state index contributed by atoms with van der Waals surface area (Å²) in [6.45, 7) is 2.18. The van der Waals surface area contributed by atoms with Crippen LogP contribution in [0.5, 0.6) is 5.75 Å². The van der Waals surface area contributed by atoms with E-state index in [0.717, 1.165) is 25.0 Å². The van der Waals surface area contributed by atoms with E-state index in [9.17, 15) is 4.79 Å². The summed E-state index contributed by atoms with van der Waals surface area (Å²) in [4.78, 5) is 12.1. The third kappa shape index (κ3) is 3.24. The van der Waals surface area contributed by atoms with Gasteiger partial charge in [-0.25, -0.2) is 0 Å². The van der Waals surface area contributed by atoms with E-state index in [4.69, 9.17) is 4.74 Å². The molecule has 1 fully saturated rings. The predicted octanol–water partition coefficient (Wildman–Crippen LogP) is 1.03. The Labute approximate surface area is 122 Å². The van der Waals surface area contributed by atoms with Crippen molar-refractivity contribution in [2.45, 2.75) is 44.9 Å². The fourth-order valence-corrected chi connectivity index (χ4v) is 2.66. The molecule has 0 bridgehead atoms. The van der Waals surface area contributed by atoms with Crippen molar-refractivity contribution in [3.05, 3.63) is 30.4 Å². The van der Waals surface area contributed by atoms with E-state index in [1.54, 1.807) is 23.3 Å². The number of aryl methyl sites for hydroxylation is 1. The number of nitrogens with one attached hydrogen (secondary N) is 2. The monoisotopic (exact) mass is 289 g/mol. The van der Waals surface area contributed by atoms with Crippen LogP contribution in [0.1, 0.15) is 25.0 Å². The summed E-state index contributed by atoms with van der Waals surface area (Å²) < 4.78 is 7.55. The van der Waals surface area contributed by atoms with Gasteiger partial charge in [0.15, 0.2) is 5.75 Å². The molecule has 2 heterocycles. The van der Waals surface area contributed by atoms with Crippen molar-refractivity contribution >= 4 is 5.91 Å². The van der Waals surface area contributed by atoms with Crippen LogP contribution < -0.4 is 10.1 Å². The zero-order valence-corrected chi connectivity index (χ0v) is 12.0. The summed E-state index contributed by atoms with van der Waals surface area (Å²) in [5, 5.41) is 13.8. The lowest BCUT2D eigenvalue weighted by molar-refractivity contribution is -0.123. The fourth-order valence-electron chi connectivity index (χ4n) is 2.66. The van der Waals surface area contributed by atoms with Crippen LogP contribution in [0.25, 0.3) is 0 Å². The number of hydrogen-bond donors (Lipinski definition) is 2. The van der Waals surface area contributed by atoms with Crippen LogP contribution in [0.2, 0.25) is 0 Å². The van der Waals surface area contributed by atoms with Crippen molar-refractivity contribution in [1.82, 2.24) is 25.3 Å². The Morgan fingerprint density at radius 3 is 3.19 bits per heavy atom. The minimum absolute atomic E-state index is 0.00488. The van der Waals surface area contributed by atoms with Crippen LogP contribution in [-0.4, -0.2) is 38.0 Å². The molecule has 0 aliphatic heterocycles. The average Bonchev–Trinajstić information content (AvgIpc) is 3.17. The van der Waals surface area contributed by atoms with Crippen molar-refractivity contribution in [2.24, 2.45) is 0 Å². The first-order valence-electron chi connectivity index (χ1n) is 7.15. The number of aromatic amines is 1. The number of ether oxygens (including phenoxy) is 1. The van der Waals surface area contributed by atoms with E-state index in [0.29, 0.717) is 5.75 Å². The van der Waals surface area contributed by atoms with Gasteiger partial charge in [-0.15, -0.1) is 0 Å². The largest absolute Gasteiger partial charge is 0.485 e. The second-order valence-corrected chi connectivity index (χ2v) is 5.33. The maximum atomic E-state index is 12.1. The zero-order valence-electron chi connectivity index (χ0n) is 12.0. The highest BCUT2D eigenvalue weighted by molar-refractivity contribution is 5.76. The Hall–Kier alpha value is -2.31. The summed E-state index contributed by atoms with van der Waals surface area (Å²) in [6.07, 6.45) is 7.99. The lowest BCUT2D eigenvalue weighted by atomic mass is 10.2. The minimum atomic E-state index is -0.0329. The van der Waals surface area contributed by atoms with E-state index < -0.39 is 0 Å². The summed E-state index contributed by atoms with van der Waals surface area (Å²) in [5.74, 6) is 0.679. The highest BCUT2D eigenvalue weighted by atomic mass is 16.5. The van der Waals surface area contributed by atoms with Crippen molar-refractivity contribution in [3.8, 4) is 5.75 Å². The first-order valence-corrected chi connectivity index (χ1v) is 7.15. The van der Waals surface area contributed by atoms with E-state index in [2.05, 4.69) is 20.6 Å². The molecule has 1 aliphatic carbocycles. The van der Waals surface area contributed by atoms with Crippen LogP contribution in [0.15, 0.2) is 24.7 Å². The van der Waals surface area contributed by atoms with E-state index >= 15 is 0 Å². The molecule has 1 amide bonds. The second kappa shape index (κ2) is 5.99. The third-order valence-corrected chi connectivity index (χ3v) is 3.78. The van der Waals surface area contributed by atoms with Gasteiger partial charge >= 0.3 is 0 Å². The minimum Gasteiger partial charge on any atom is -0.485 e. The molecule has 0 saturated heterocycles. The van der Waals surface area contributed by atoms with E-state index in [-0.39, 0.29) is 24.6 Å². The Balaban J connectivity index is 1.56. The SMILES string of the molecule is Cc1ccnn1CC(=O)N[C@H]1CCC[C@H]1Oc1cn[nH]c1. The molecule has 2 N–H and O–H groups in total. The number of nitrogens with zero attached hydrogens (tertiary/aromatic N) is 3. The van der Waals surface area contributed by atoms with Crippen molar-refractivity contribution in [1.29, 1.82) is 0 Å². The van der Waals surface area contributed by atoms with Gasteiger partial charge in [0.1, 0.15) is 12.6 Å². The Morgan fingerprint density at radius 1 is 1.57 bits per heavy atom. The molecule has 3 rings (SSSR count). The van der Waals surface area contributed by atoms with Gasteiger partial charge in [0.2, 0.25) is 5.91 Å². The molecule has 2 atom stereocenters. The van der Waals surface area contributed by atoms with Crippen molar-refractivity contribution in [3.63, 3.8) is 0 Å². The topological polar surface area (TPSA) is 84.8 Å². The van der Waals surface area contributed by atoms with Gasteiger partial charge in [0.05, 0.1) is 18.4 Å². The average molecular weight is 289 g/mol. The standard InChI is InChI=1S/C14H19N5O2/c1-10-5-6-17-19(10)9-14(20)18-12-3-2-4-13(12)21-11-7-15-16-8-11/h5-8,12-13H,2-4,9H2,1H3,(H,15,16)(H,18,20)/t12-,13+/m0/s1. The summed E-state index contributed by atoms with van der Waals surface area (Å²) in [5.41, 5.74) is 0.975. The molecule has 112 valence electrons. The van der Waals surface area contributed by atoms with Gasteiger partial charge in [-0.3, -0.25) is 14.6 Å². The van der Waals surface area contributed by atoms with Gasteiger partial charge in [-0.2, -0.15) is 10.2 Å². The Morgan fingerprint density at radius 2 is 2.48 bits per heavy atom. The maximum Gasteiger partial charge on any atom is 0.242 e. The number of aromatic nitrogens is 4. The van der Waals surface area contributed by atoms with E-state index in [1.165, 1.54) is 0 Å². The molecule has 1 saturated carbocycles. The molecule has 7 nitrogen and oxygen atoms in total. The number of rotatable bonds is 5. The first-order chi connectivity index (χ1) is 10.2. The molecule has 21 heavy (non-hydrogen) atoms. The summed E-state index contributed by atoms with van der Waals surface area (Å²) in [7, 11) is 0. The molecular weight excluding hydrogens is 270 g/mol. The molecule has 7 heteroatoms. The number of H-pyrrole nitrogens is 1. The van der Waals surface area contributed by atoms with Crippen LogP contribution in [0.3, 0.4) is 0 Å². The quantitative estimate of drug-likeness (QED) is 0.861. The van der Waals surface area contributed by atoms with Gasteiger partial charge < -0.3 is 10.1 Å². The maximum absolute atomic E-state index is 12.1. The summed E-state index contributed by atoms with van der Waals surface area (Å²) >= 11 is 0. The van der Waals surface area contributed by atoms with Crippen LogP contribution in [-0.2, 0) is 11.3 Å². The molecule has 0 spiro atoms. The molecule has 0 radical (unpaired) electrons. The van der Waals surface area contributed by atoms with Gasteiger partial charge in [0, 0.05) is 11.9 Å². The van der Waals surface area contributed by atoms with Gasteiger partial charge in [-0.1, -0.05) is 0 Å². The molecule has 0 unspecified atom stereocenters. The Kier molecular flexibility index (Phi) is 3.89. The number of hydrogen-bond acceptors (Lipinski definition) is 4. The molecule has 2 aromatic heterocycles. The third-order valence-electron chi connectivity index (χ3n) is 3.78. The van der Waals surface area contributed by atoms with Crippen molar-refractivity contribution in [2.75, 3.05) is 0 Å². The van der Waals surface area contributed by atoms with E-state index in [1.807, 2.05) is 13.0 Å². The molecule has 1 aliphatic rings. The summed E-state index contributed by atoms with van der Waals surface area (Å²) in [6, 6.07) is 1.93. The van der Waals surface area contributed by atoms with Crippen LogP contribution >= 0.6 is 0 Å². The predicted molar refractivity (Wildman–Crippen MR) is 75.7 cm³/mol. The fraction of sp³-hybridized carbons (Fsp3) is 0.500. The molecule has 0 aromatic carbocycles. The second-order valence-electron chi connectivity index (χ2n) is 5.33. The van der Waals surface area contributed by atoms with Crippen LogP contribution in [0.4, 0.5) is 0 Å². The lowest BCUT2D eigenvalue weighted by Crippen LogP contribution is -2.43. The Bertz CT molecular complexity index is 592. The smallest absolute Gasteiger partial charge is 0.242 e. The number of amides is 1. The normalized spacial score (nSPS) is 21.4. The number of carbonyl (C=O) groups is 1. The molecular formula is C14H19N5O2. The zero-order chi connectivity index (χ0) is 14.7. The highest BCUT2D eigenvalue weighted by Crippen LogP contribution is 2.24. The highest BCUT2D eigenvalue weighted by Gasteiger charge is 2.30. The van der Waals surface area contributed by atoms with Gasteiger partial charge in [0.25, 0.3) is 0 Å². The van der Waals surface area contributed by atoms with Crippen molar-refractivity contribution < 1.29 is 9.53 Å². The van der Waals surface area contributed by atoms with Crippen LogP contribution in [0, 0.1) is 6.92 Å². The lowest BCUT2D eigenvalue weighted by Gasteiger charge is -2.21.